The highest BCUT2D eigenvalue weighted by Crippen LogP contribution is 2.28. The smallest absolute Gasteiger partial charge is 0.244 e. The first-order valence-electron chi connectivity index (χ1n) is 6.87. The van der Waals surface area contributed by atoms with Crippen LogP contribution >= 0.6 is 11.3 Å². The van der Waals surface area contributed by atoms with Gasteiger partial charge in [0.2, 0.25) is 10.0 Å². The molecule has 0 fully saturated rings. The lowest BCUT2D eigenvalue weighted by atomic mass is 10.3. The maximum Gasteiger partial charge on any atom is 0.244 e. The fraction of sp³-hybridized carbons (Fsp3) is 0.467. The summed E-state index contributed by atoms with van der Waals surface area (Å²) in [6, 6.07) is 2.13. The summed E-state index contributed by atoms with van der Waals surface area (Å²) in [5.41, 5.74) is 0. The number of sulfonamides is 1. The van der Waals surface area contributed by atoms with Crippen LogP contribution < -0.4 is 5.32 Å². The van der Waals surface area contributed by atoms with Gasteiger partial charge in [-0.3, -0.25) is 0 Å². The van der Waals surface area contributed by atoms with Crippen molar-refractivity contribution in [3.05, 3.63) is 41.1 Å². The number of hydrogen-bond acceptors (Lipinski definition) is 4. The zero-order valence-corrected chi connectivity index (χ0v) is 14.6. The van der Waals surface area contributed by atoms with Gasteiger partial charge in [0.25, 0.3) is 0 Å². The molecule has 0 saturated carbocycles. The summed E-state index contributed by atoms with van der Waals surface area (Å²) < 4.78 is 26.8. The predicted molar refractivity (Wildman–Crippen MR) is 90.2 cm³/mol. The zero-order valence-electron chi connectivity index (χ0n) is 12.9. The van der Waals surface area contributed by atoms with Crippen LogP contribution in [-0.4, -0.2) is 31.9 Å². The van der Waals surface area contributed by atoms with Crippen LogP contribution in [-0.2, 0) is 16.6 Å². The highest BCUT2D eigenvalue weighted by molar-refractivity contribution is 7.89. The molecular formula is C15H24N2O2S2. The largest absolute Gasteiger partial charge is 0.310 e. The number of aryl methyl sites for hydroxylation is 1. The van der Waals surface area contributed by atoms with Crippen molar-refractivity contribution < 1.29 is 8.42 Å². The molecule has 0 aliphatic heterocycles. The number of nitrogens with one attached hydrogen (secondary N) is 1. The molecule has 0 aliphatic carbocycles. The molecule has 1 rings (SSSR count). The van der Waals surface area contributed by atoms with Crippen molar-refractivity contribution in [1.29, 1.82) is 0 Å². The van der Waals surface area contributed by atoms with E-state index in [0.29, 0.717) is 17.5 Å². The standard InChI is InChI=1S/C15H24N2O2S2/c1-6-8-17(9-7-2)21(18,19)15-10-14(20-13(15)5)11-16-12(3)4/h6-7,10,12,16H,1-2,8-9,11H2,3-5H3. The summed E-state index contributed by atoms with van der Waals surface area (Å²) in [5.74, 6) is 0. The van der Waals surface area contributed by atoms with Crippen molar-refractivity contribution in [2.45, 2.75) is 38.3 Å². The van der Waals surface area contributed by atoms with Crippen LogP contribution in [0.3, 0.4) is 0 Å². The molecule has 0 unspecified atom stereocenters. The number of rotatable bonds is 9. The molecule has 1 heterocycles. The molecule has 1 N–H and O–H groups in total. The van der Waals surface area contributed by atoms with Gasteiger partial charge in [-0.2, -0.15) is 4.31 Å². The average molecular weight is 329 g/mol. The normalized spacial score (nSPS) is 12.0. The van der Waals surface area contributed by atoms with Crippen LogP contribution in [0.5, 0.6) is 0 Å². The predicted octanol–water partition coefficient (Wildman–Crippen LogP) is 2.92. The summed E-state index contributed by atoms with van der Waals surface area (Å²) in [7, 11) is -3.50. The average Bonchev–Trinajstić information content (AvgIpc) is 2.78. The van der Waals surface area contributed by atoms with E-state index in [1.165, 1.54) is 15.6 Å². The molecule has 0 atom stereocenters. The third-order valence-corrected chi connectivity index (χ3v) is 6.03. The lowest BCUT2D eigenvalue weighted by molar-refractivity contribution is 0.474. The maximum atomic E-state index is 12.7. The highest BCUT2D eigenvalue weighted by atomic mass is 32.2. The molecule has 4 nitrogen and oxygen atoms in total. The van der Waals surface area contributed by atoms with Gasteiger partial charge in [0.1, 0.15) is 0 Å². The molecule has 1 aromatic heterocycles. The number of nitrogens with zero attached hydrogens (tertiary/aromatic N) is 1. The monoisotopic (exact) mass is 328 g/mol. The van der Waals surface area contributed by atoms with E-state index in [1.54, 1.807) is 18.2 Å². The van der Waals surface area contributed by atoms with Crippen molar-refractivity contribution in [3.63, 3.8) is 0 Å². The first-order chi connectivity index (χ1) is 9.82. The Balaban J connectivity index is 3.06. The lowest BCUT2D eigenvalue weighted by Crippen LogP contribution is -2.31. The van der Waals surface area contributed by atoms with Gasteiger partial charge in [0, 0.05) is 35.4 Å². The SMILES string of the molecule is C=CCN(CC=C)S(=O)(=O)c1cc(CNC(C)C)sc1C. The van der Waals surface area contributed by atoms with Crippen molar-refractivity contribution in [1.82, 2.24) is 9.62 Å². The van der Waals surface area contributed by atoms with E-state index in [2.05, 4.69) is 32.3 Å². The second-order valence-electron chi connectivity index (χ2n) is 5.07. The Kier molecular flexibility index (Phi) is 6.80. The van der Waals surface area contributed by atoms with Gasteiger partial charge in [-0.15, -0.1) is 24.5 Å². The Labute approximate surface area is 132 Å². The van der Waals surface area contributed by atoms with Gasteiger partial charge in [0.15, 0.2) is 0 Å². The van der Waals surface area contributed by atoms with Crippen LogP contribution in [0.4, 0.5) is 0 Å². The first-order valence-corrected chi connectivity index (χ1v) is 9.13. The van der Waals surface area contributed by atoms with E-state index >= 15 is 0 Å². The minimum atomic E-state index is -3.50. The molecule has 0 saturated heterocycles. The third kappa shape index (κ3) is 4.78. The van der Waals surface area contributed by atoms with E-state index in [0.717, 1.165) is 9.75 Å². The van der Waals surface area contributed by atoms with Crippen molar-refractivity contribution in [2.24, 2.45) is 0 Å². The Morgan fingerprint density at radius 2 is 1.90 bits per heavy atom. The van der Waals surface area contributed by atoms with Crippen molar-refractivity contribution in [3.8, 4) is 0 Å². The van der Waals surface area contributed by atoms with Gasteiger partial charge in [-0.05, 0) is 13.0 Å². The summed E-state index contributed by atoms with van der Waals surface area (Å²) in [4.78, 5) is 2.22. The van der Waals surface area contributed by atoms with Gasteiger partial charge in [-0.25, -0.2) is 8.42 Å². The quantitative estimate of drug-likeness (QED) is 0.709. The molecule has 118 valence electrons. The zero-order chi connectivity index (χ0) is 16.0. The maximum absolute atomic E-state index is 12.7. The van der Waals surface area contributed by atoms with Gasteiger partial charge >= 0.3 is 0 Å². The summed E-state index contributed by atoms with van der Waals surface area (Å²) in [6.07, 6.45) is 3.17. The van der Waals surface area contributed by atoms with E-state index in [1.807, 2.05) is 6.92 Å². The minimum absolute atomic E-state index is 0.281. The Hall–Kier alpha value is -0.950. The Morgan fingerprint density at radius 3 is 2.38 bits per heavy atom. The topological polar surface area (TPSA) is 49.4 Å². The second-order valence-corrected chi connectivity index (χ2v) is 8.32. The Bertz CT molecular complexity index is 579. The Morgan fingerprint density at radius 1 is 1.33 bits per heavy atom. The molecule has 0 amide bonds. The molecule has 21 heavy (non-hydrogen) atoms. The van der Waals surface area contributed by atoms with Crippen molar-refractivity contribution >= 4 is 21.4 Å². The van der Waals surface area contributed by atoms with Crippen LogP contribution in [0, 0.1) is 6.92 Å². The van der Waals surface area contributed by atoms with Gasteiger partial charge in [0.05, 0.1) is 4.90 Å². The molecule has 1 aromatic rings. The molecule has 0 aromatic carbocycles. The highest BCUT2D eigenvalue weighted by Gasteiger charge is 2.26. The molecular weight excluding hydrogens is 304 g/mol. The number of thiophene rings is 1. The first kappa shape index (κ1) is 18.1. The van der Waals surface area contributed by atoms with Crippen LogP contribution in [0.15, 0.2) is 36.3 Å². The lowest BCUT2D eigenvalue weighted by Gasteiger charge is -2.18. The van der Waals surface area contributed by atoms with Gasteiger partial charge < -0.3 is 5.32 Å². The molecule has 0 aliphatic rings. The summed E-state index contributed by atoms with van der Waals surface area (Å²) in [6.45, 7) is 14.5. The van der Waals surface area contributed by atoms with E-state index in [-0.39, 0.29) is 13.1 Å². The molecule has 0 spiro atoms. The van der Waals surface area contributed by atoms with Crippen molar-refractivity contribution in [2.75, 3.05) is 13.1 Å². The minimum Gasteiger partial charge on any atom is -0.310 e. The molecule has 6 heteroatoms. The van der Waals surface area contributed by atoms with E-state index in [9.17, 15) is 8.42 Å². The second kappa shape index (κ2) is 7.89. The van der Waals surface area contributed by atoms with Crippen LogP contribution in [0.1, 0.15) is 23.6 Å². The number of hydrogen-bond donors (Lipinski definition) is 1. The van der Waals surface area contributed by atoms with Gasteiger partial charge in [-0.1, -0.05) is 26.0 Å². The van der Waals surface area contributed by atoms with Crippen LogP contribution in [0.2, 0.25) is 0 Å². The summed E-state index contributed by atoms with van der Waals surface area (Å²) >= 11 is 1.52. The van der Waals surface area contributed by atoms with Crippen LogP contribution in [0.25, 0.3) is 0 Å². The fourth-order valence-corrected chi connectivity index (χ4v) is 4.81. The van der Waals surface area contributed by atoms with E-state index in [4.69, 9.17) is 0 Å². The van der Waals surface area contributed by atoms with E-state index < -0.39 is 10.0 Å². The summed E-state index contributed by atoms with van der Waals surface area (Å²) in [5, 5.41) is 3.30. The fourth-order valence-electron chi connectivity index (χ4n) is 1.87. The third-order valence-electron chi connectivity index (χ3n) is 2.89. The molecule has 0 bridgehead atoms. The molecule has 0 radical (unpaired) electrons.